The fourth-order valence-electron chi connectivity index (χ4n) is 1.75. The predicted molar refractivity (Wildman–Crippen MR) is 89.2 cm³/mol. The Labute approximate surface area is 132 Å². The van der Waals surface area contributed by atoms with Crippen molar-refractivity contribution in [1.82, 2.24) is 0 Å². The maximum absolute atomic E-state index is 11.7. The van der Waals surface area contributed by atoms with Gasteiger partial charge in [0.05, 0.1) is 11.4 Å². The summed E-state index contributed by atoms with van der Waals surface area (Å²) in [5.74, 6) is 0.381. The zero-order valence-corrected chi connectivity index (χ0v) is 12.8. The lowest BCUT2D eigenvalue weighted by atomic mass is 10.2. The van der Waals surface area contributed by atoms with Gasteiger partial charge < -0.3 is 4.42 Å². The van der Waals surface area contributed by atoms with E-state index in [0.29, 0.717) is 17.7 Å². The van der Waals surface area contributed by atoms with Crippen LogP contribution >= 0.6 is 24.8 Å². The summed E-state index contributed by atoms with van der Waals surface area (Å²) >= 11 is 9.24. The zero-order chi connectivity index (χ0) is 15.4. The first-order chi connectivity index (χ1) is 10.0. The number of aldehydes is 1. The minimum atomic E-state index is -0.703. The van der Waals surface area contributed by atoms with Crippen molar-refractivity contribution in [2.24, 2.45) is 0 Å². The van der Waals surface area contributed by atoms with Crippen LogP contribution in [0.2, 0.25) is 0 Å². The van der Waals surface area contributed by atoms with Crippen molar-refractivity contribution in [3.63, 3.8) is 0 Å². The van der Waals surface area contributed by atoms with Gasteiger partial charge in [0.1, 0.15) is 11.3 Å². The van der Waals surface area contributed by atoms with E-state index in [-0.39, 0.29) is 9.88 Å². The molecule has 5 nitrogen and oxygen atoms in total. The molecular weight excluding hydrogens is 308 g/mol. The summed E-state index contributed by atoms with van der Waals surface area (Å²) in [7, 11) is 0. The normalized spacial score (nSPS) is 10.0. The number of rotatable bonds is 4. The number of hydrogen-bond acceptors (Lipinski definition) is 5. The van der Waals surface area contributed by atoms with Crippen LogP contribution in [0.5, 0.6) is 0 Å². The summed E-state index contributed by atoms with van der Waals surface area (Å²) in [4.78, 5) is 22.7. The van der Waals surface area contributed by atoms with E-state index in [4.69, 9.17) is 16.6 Å². The second kappa shape index (κ2) is 6.55. The summed E-state index contributed by atoms with van der Waals surface area (Å²) in [5, 5.41) is 1.49. The Balaban J connectivity index is 2.45. The lowest BCUT2D eigenvalue weighted by molar-refractivity contribution is 0.112. The molecule has 2 aromatic rings. The molecule has 0 aliphatic carbocycles. The molecule has 2 rings (SSSR count). The third-order valence-electron chi connectivity index (χ3n) is 2.67. The summed E-state index contributed by atoms with van der Waals surface area (Å²) in [6, 6.07) is 10.7. The second-order valence-corrected chi connectivity index (χ2v) is 5.27. The van der Waals surface area contributed by atoms with E-state index in [9.17, 15) is 9.59 Å². The van der Waals surface area contributed by atoms with Crippen LogP contribution in [0.15, 0.2) is 45.6 Å². The molecule has 1 aromatic carbocycles. The van der Waals surface area contributed by atoms with E-state index in [1.807, 2.05) is 30.3 Å². The van der Waals surface area contributed by atoms with Gasteiger partial charge in [0.25, 0.3) is 0 Å². The fraction of sp³-hybridized carbons (Fsp3) is 0.0714. The van der Waals surface area contributed by atoms with Crippen molar-refractivity contribution in [2.75, 3.05) is 10.4 Å². The van der Waals surface area contributed by atoms with Gasteiger partial charge >= 0.3 is 5.63 Å². The molecule has 0 amide bonds. The number of nitrogens with one attached hydrogen (secondary N) is 1. The van der Waals surface area contributed by atoms with E-state index < -0.39 is 5.63 Å². The van der Waals surface area contributed by atoms with E-state index in [0.717, 1.165) is 5.69 Å². The van der Waals surface area contributed by atoms with Crippen LogP contribution in [-0.2, 0) is 0 Å². The van der Waals surface area contributed by atoms with Crippen LogP contribution in [0.4, 0.5) is 11.4 Å². The van der Waals surface area contributed by atoms with E-state index in [2.05, 4.69) is 18.1 Å². The quantitative estimate of drug-likeness (QED) is 0.391. The number of hydrogen-bond donors (Lipinski definition) is 2. The molecule has 1 N–H and O–H groups in total. The van der Waals surface area contributed by atoms with Crippen molar-refractivity contribution < 1.29 is 9.21 Å². The van der Waals surface area contributed by atoms with Gasteiger partial charge in [0.2, 0.25) is 0 Å². The van der Waals surface area contributed by atoms with Gasteiger partial charge in [0.15, 0.2) is 10.6 Å². The molecule has 7 heteroatoms. The molecule has 108 valence electrons. The maximum Gasteiger partial charge on any atom is 0.348 e. The third-order valence-corrected chi connectivity index (χ3v) is 3.05. The molecule has 0 aliphatic rings. The number of benzene rings is 1. The minimum Gasteiger partial charge on any atom is -0.428 e. The highest BCUT2D eigenvalue weighted by Crippen LogP contribution is 2.20. The molecule has 0 bridgehead atoms. The first-order valence-electron chi connectivity index (χ1n) is 5.97. The van der Waals surface area contributed by atoms with Crippen molar-refractivity contribution in [3.8, 4) is 0 Å². The first-order valence-corrected chi connectivity index (χ1v) is 6.83. The Bertz CT molecular complexity index is 729. The van der Waals surface area contributed by atoms with Crippen LogP contribution in [0, 0.1) is 6.92 Å². The van der Waals surface area contributed by atoms with Gasteiger partial charge in [-0.2, -0.15) is 0 Å². The monoisotopic (exact) mass is 320 g/mol. The lowest BCUT2D eigenvalue weighted by Gasteiger charge is -2.24. The molecule has 0 radical (unpaired) electrons. The van der Waals surface area contributed by atoms with Crippen LogP contribution in [-0.4, -0.2) is 10.6 Å². The van der Waals surface area contributed by atoms with E-state index in [1.54, 1.807) is 13.0 Å². The van der Waals surface area contributed by atoms with E-state index in [1.165, 1.54) is 5.01 Å². The molecule has 1 aromatic heterocycles. The minimum absolute atomic E-state index is 0.105. The van der Waals surface area contributed by atoms with Gasteiger partial charge in [-0.25, -0.2) is 9.80 Å². The summed E-state index contributed by atoms with van der Waals surface area (Å²) in [6.07, 6.45) is 0.443. The van der Waals surface area contributed by atoms with Crippen molar-refractivity contribution in [1.29, 1.82) is 0 Å². The Kier molecular flexibility index (Phi) is 4.77. The van der Waals surface area contributed by atoms with E-state index >= 15 is 0 Å². The number of thiocarbonyl (C=S) groups is 1. The predicted octanol–water partition coefficient (Wildman–Crippen LogP) is 2.81. The molecule has 0 fully saturated rings. The Morgan fingerprint density at radius 2 is 2.05 bits per heavy atom. The van der Waals surface area contributed by atoms with Crippen LogP contribution < -0.4 is 16.1 Å². The molecule has 1 heterocycles. The molecule has 0 saturated heterocycles. The van der Waals surface area contributed by atoms with Gasteiger partial charge in [-0.15, -0.1) is 12.6 Å². The fourth-order valence-corrected chi connectivity index (χ4v) is 2.06. The van der Waals surface area contributed by atoms with Crippen LogP contribution in [0.1, 0.15) is 16.1 Å². The Hall–Kier alpha value is -2.12. The highest BCUT2D eigenvalue weighted by molar-refractivity contribution is 8.11. The number of carbonyl (C=O) groups excluding carboxylic acids is 1. The Morgan fingerprint density at radius 3 is 2.62 bits per heavy atom. The third kappa shape index (κ3) is 3.50. The summed E-state index contributed by atoms with van der Waals surface area (Å²) in [5.41, 5.74) is 3.14. The van der Waals surface area contributed by atoms with Gasteiger partial charge in [-0.3, -0.25) is 10.2 Å². The number of thiol groups is 1. The topological polar surface area (TPSA) is 62.6 Å². The summed E-state index contributed by atoms with van der Waals surface area (Å²) in [6.45, 7) is 1.62. The number of hydrazine groups is 1. The lowest BCUT2D eigenvalue weighted by Crippen LogP contribution is -2.33. The average Bonchev–Trinajstić information content (AvgIpc) is 2.45. The number of aryl methyl sites for hydroxylation is 1. The largest absolute Gasteiger partial charge is 0.428 e. The van der Waals surface area contributed by atoms with Crippen LogP contribution in [0.25, 0.3) is 0 Å². The SMILES string of the molecule is Cc1cc(NN(C(=S)S)c2ccccc2)c(C=O)c(=O)o1. The second-order valence-electron chi connectivity index (χ2n) is 4.16. The number of nitrogens with zero attached hydrogens (tertiary/aromatic N) is 1. The van der Waals surface area contributed by atoms with Crippen molar-refractivity contribution in [3.05, 3.63) is 58.1 Å². The number of para-hydroxylation sites is 1. The number of carbonyl (C=O) groups is 1. The van der Waals surface area contributed by atoms with Gasteiger partial charge in [-0.1, -0.05) is 30.4 Å². The molecule has 21 heavy (non-hydrogen) atoms. The van der Waals surface area contributed by atoms with Gasteiger partial charge in [0, 0.05) is 6.07 Å². The standard InChI is InChI=1S/C14H12N2O3S2/c1-9-7-12(11(8-17)13(18)19-9)15-16(14(20)21)10-5-3-2-4-6-10/h2-8,15H,1H3,(H,20,21). The molecule has 0 atom stereocenters. The smallest absolute Gasteiger partial charge is 0.348 e. The first kappa shape index (κ1) is 15.3. The molecule has 0 saturated carbocycles. The molecule has 0 aliphatic heterocycles. The molecule has 0 spiro atoms. The highest BCUT2D eigenvalue weighted by atomic mass is 32.1. The van der Waals surface area contributed by atoms with Crippen molar-refractivity contribution >= 4 is 46.8 Å². The maximum atomic E-state index is 11.7. The van der Waals surface area contributed by atoms with Crippen molar-refractivity contribution in [2.45, 2.75) is 6.92 Å². The van der Waals surface area contributed by atoms with Crippen LogP contribution in [0.3, 0.4) is 0 Å². The number of anilines is 2. The van der Waals surface area contributed by atoms with Gasteiger partial charge in [-0.05, 0) is 19.1 Å². The highest BCUT2D eigenvalue weighted by Gasteiger charge is 2.15. The zero-order valence-electron chi connectivity index (χ0n) is 11.1. The molecule has 0 unspecified atom stereocenters. The molecular formula is C14H12N2O3S2. The average molecular weight is 320 g/mol. The Morgan fingerprint density at radius 1 is 1.38 bits per heavy atom. The summed E-state index contributed by atoms with van der Waals surface area (Å²) < 4.78 is 5.13.